The van der Waals surface area contributed by atoms with Crippen molar-refractivity contribution in [3.8, 4) is 0 Å². The second-order valence-corrected chi connectivity index (χ2v) is 19.0. The van der Waals surface area contributed by atoms with E-state index in [4.69, 9.17) is 5.11 Å². The molecule has 5 aliphatic rings. The Morgan fingerprint density at radius 3 is 2.09 bits per heavy atom. The maximum absolute atomic E-state index is 14.3. The molecule has 3 N–H and O–H groups in total. The number of rotatable bonds is 12. The number of nitrogens with one attached hydrogen (secondary N) is 1. The third-order valence-corrected chi connectivity index (χ3v) is 15.7. The maximum atomic E-state index is 14.3. The molecule has 0 radical (unpaired) electrons. The van der Waals surface area contributed by atoms with E-state index in [1.807, 2.05) is 0 Å². The predicted octanol–water partition coefficient (Wildman–Crippen LogP) is 9.86. The van der Waals surface area contributed by atoms with E-state index in [0.717, 1.165) is 90.0 Å². The topological polar surface area (TPSA) is 86.6 Å². The molecule has 5 nitrogen and oxygen atoms in total. The summed E-state index contributed by atoms with van der Waals surface area (Å²) in [6.45, 7) is 18.1. The van der Waals surface area contributed by atoms with E-state index in [0.29, 0.717) is 30.1 Å². The zero-order valence-electron chi connectivity index (χ0n) is 30.7. The van der Waals surface area contributed by atoms with Gasteiger partial charge < -0.3 is 15.5 Å². The van der Waals surface area contributed by atoms with Gasteiger partial charge in [-0.2, -0.15) is 0 Å². The molecule has 5 rings (SSSR count). The number of aliphatic hydroxyl groups is 1. The average molecular weight is 640 g/mol. The molecule has 0 aromatic heterocycles. The van der Waals surface area contributed by atoms with Crippen LogP contribution >= 0.6 is 0 Å². The highest BCUT2D eigenvalue weighted by atomic mass is 16.4. The summed E-state index contributed by atoms with van der Waals surface area (Å²) in [5.41, 5.74) is 2.19. The minimum Gasteiger partial charge on any atom is -0.481 e. The van der Waals surface area contributed by atoms with Crippen LogP contribution in [0.15, 0.2) is 11.6 Å². The third-order valence-electron chi connectivity index (χ3n) is 15.7. The molecule has 0 aliphatic heterocycles. The first-order valence-electron chi connectivity index (χ1n) is 19.4. The molecular formula is C41H69NO4. The van der Waals surface area contributed by atoms with Crippen LogP contribution in [0.25, 0.3) is 0 Å². The van der Waals surface area contributed by atoms with Gasteiger partial charge in [-0.25, -0.2) is 0 Å². The highest BCUT2D eigenvalue weighted by Gasteiger charge is 2.69. The number of amides is 1. The lowest BCUT2D eigenvalue weighted by Gasteiger charge is -2.71. The van der Waals surface area contributed by atoms with Gasteiger partial charge in [-0.05, 0) is 122 Å². The van der Waals surface area contributed by atoms with Crippen LogP contribution in [-0.2, 0) is 9.59 Å². The quantitative estimate of drug-likeness (QED) is 0.147. The molecule has 8 atom stereocenters. The summed E-state index contributed by atoms with van der Waals surface area (Å²) >= 11 is 0. The zero-order chi connectivity index (χ0) is 33.6. The molecule has 0 aromatic rings. The molecule has 4 fully saturated rings. The van der Waals surface area contributed by atoms with E-state index >= 15 is 0 Å². The number of aliphatic hydroxyl groups excluding tert-OH is 1. The van der Waals surface area contributed by atoms with Crippen molar-refractivity contribution in [3.05, 3.63) is 11.6 Å². The van der Waals surface area contributed by atoms with Crippen molar-refractivity contribution in [2.45, 2.75) is 177 Å². The van der Waals surface area contributed by atoms with Crippen LogP contribution in [0.1, 0.15) is 170 Å². The SMILES string of the molecule is CC1(C)CC[C@]2(C(=O)NCCCCCCCCCCC(=O)O)CC[C@]3(C)C(=CC[C@@H]4[C@@]5(C)CC[C@H](O)C(C)(C)[C@@H]5CC[C@]43C)[C@@H]2C1. The number of allylic oxidation sites excluding steroid dienone is 2. The van der Waals surface area contributed by atoms with Crippen molar-refractivity contribution in [1.29, 1.82) is 0 Å². The zero-order valence-corrected chi connectivity index (χ0v) is 30.7. The van der Waals surface area contributed by atoms with Crippen LogP contribution in [0.4, 0.5) is 0 Å². The number of hydrogen-bond acceptors (Lipinski definition) is 3. The first-order chi connectivity index (χ1) is 21.5. The first-order valence-corrected chi connectivity index (χ1v) is 19.4. The van der Waals surface area contributed by atoms with Gasteiger partial charge in [0.05, 0.1) is 11.5 Å². The Morgan fingerprint density at radius 2 is 1.41 bits per heavy atom. The molecule has 0 aromatic carbocycles. The fourth-order valence-corrected chi connectivity index (χ4v) is 12.5. The van der Waals surface area contributed by atoms with Gasteiger partial charge in [0.2, 0.25) is 5.91 Å². The van der Waals surface area contributed by atoms with E-state index in [1.54, 1.807) is 5.57 Å². The molecule has 5 aliphatic carbocycles. The number of carboxylic acids is 1. The van der Waals surface area contributed by atoms with E-state index in [-0.39, 0.29) is 38.6 Å². The Morgan fingerprint density at radius 1 is 0.783 bits per heavy atom. The summed E-state index contributed by atoms with van der Waals surface area (Å²) in [6.07, 6.45) is 22.5. The minimum absolute atomic E-state index is 0.0320. The third kappa shape index (κ3) is 6.15. The average Bonchev–Trinajstić information content (AvgIpc) is 2.98. The first kappa shape index (κ1) is 35.9. The Hall–Kier alpha value is -1.36. The maximum Gasteiger partial charge on any atom is 0.303 e. The van der Waals surface area contributed by atoms with Crippen molar-refractivity contribution in [3.63, 3.8) is 0 Å². The van der Waals surface area contributed by atoms with Crippen LogP contribution in [0.2, 0.25) is 0 Å². The normalized spacial score (nSPS) is 40.8. The number of unbranched alkanes of at least 4 members (excludes halogenated alkanes) is 7. The predicted molar refractivity (Wildman–Crippen MR) is 187 cm³/mol. The van der Waals surface area contributed by atoms with Crippen molar-refractivity contribution >= 4 is 11.9 Å². The van der Waals surface area contributed by atoms with Crippen LogP contribution in [-0.4, -0.2) is 34.7 Å². The Kier molecular flexibility index (Phi) is 10.3. The van der Waals surface area contributed by atoms with Crippen molar-refractivity contribution < 1.29 is 19.8 Å². The lowest BCUT2D eigenvalue weighted by molar-refractivity contribution is -0.203. The number of carbonyl (C=O) groups is 2. The van der Waals surface area contributed by atoms with Gasteiger partial charge in [-0.3, -0.25) is 9.59 Å². The fourth-order valence-electron chi connectivity index (χ4n) is 12.5. The van der Waals surface area contributed by atoms with Crippen molar-refractivity contribution in [2.75, 3.05) is 6.54 Å². The van der Waals surface area contributed by atoms with E-state index in [1.165, 1.54) is 32.1 Å². The van der Waals surface area contributed by atoms with Gasteiger partial charge in [0.25, 0.3) is 0 Å². The molecule has 0 unspecified atom stereocenters. The summed E-state index contributed by atoms with van der Waals surface area (Å²) in [4.78, 5) is 25.0. The van der Waals surface area contributed by atoms with Gasteiger partial charge >= 0.3 is 5.97 Å². The summed E-state index contributed by atoms with van der Waals surface area (Å²) in [5, 5.41) is 23.3. The molecule has 46 heavy (non-hydrogen) atoms. The highest BCUT2D eigenvalue weighted by molar-refractivity contribution is 5.84. The Balaban J connectivity index is 1.26. The van der Waals surface area contributed by atoms with Crippen LogP contribution in [0.3, 0.4) is 0 Å². The molecule has 0 spiro atoms. The van der Waals surface area contributed by atoms with Crippen LogP contribution in [0.5, 0.6) is 0 Å². The summed E-state index contributed by atoms with van der Waals surface area (Å²) in [6, 6.07) is 0. The Labute approximate surface area is 281 Å². The molecule has 262 valence electrons. The molecule has 0 heterocycles. The van der Waals surface area contributed by atoms with Gasteiger partial charge in [0, 0.05) is 13.0 Å². The van der Waals surface area contributed by atoms with Crippen LogP contribution in [0, 0.1) is 50.2 Å². The molecule has 5 heteroatoms. The van der Waals surface area contributed by atoms with Gasteiger partial charge in [0.1, 0.15) is 0 Å². The Bertz CT molecular complexity index is 1160. The van der Waals surface area contributed by atoms with E-state index < -0.39 is 5.97 Å². The molecule has 4 saturated carbocycles. The number of carbonyl (C=O) groups excluding carboxylic acids is 1. The smallest absolute Gasteiger partial charge is 0.303 e. The highest BCUT2D eigenvalue weighted by Crippen LogP contribution is 2.75. The summed E-state index contributed by atoms with van der Waals surface area (Å²) < 4.78 is 0. The molecule has 0 bridgehead atoms. The van der Waals surface area contributed by atoms with Crippen molar-refractivity contribution in [1.82, 2.24) is 5.32 Å². The molecule has 1 amide bonds. The second kappa shape index (κ2) is 13.2. The number of fused-ring (bicyclic) bond motifs is 7. The largest absolute Gasteiger partial charge is 0.481 e. The fraction of sp³-hybridized carbons (Fsp3) is 0.902. The van der Waals surface area contributed by atoms with Crippen molar-refractivity contribution in [2.24, 2.45) is 50.2 Å². The van der Waals surface area contributed by atoms with E-state index in [9.17, 15) is 14.7 Å². The van der Waals surface area contributed by atoms with Gasteiger partial charge in [-0.1, -0.05) is 98.6 Å². The minimum atomic E-state index is -0.687. The summed E-state index contributed by atoms with van der Waals surface area (Å²) in [5.74, 6) is 1.17. The van der Waals surface area contributed by atoms with Crippen LogP contribution < -0.4 is 5.32 Å². The van der Waals surface area contributed by atoms with Gasteiger partial charge in [-0.15, -0.1) is 0 Å². The number of carboxylic acid groups (broad SMARTS) is 1. The number of hydrogen-bond donors (Lipinski definition) is 3. The standard InChI is InChI=1S/C41H69NO4/c1-36(2)23-25-41(35(46)42-27-15-13-11-9-8-10-12-14-16-34(44)45)26-24-39(6)29(30(41)28-36)17-18-32-38(5)21-20-33(43)37(3,4)31(38)19-22-40(32,39)7/h17,30-33,43H,8-16,18-28H2,1-7H3,(H,42,46)(H,44,45)/t30-,31-,32+,33-,38-,39+,40+,41-/m0/s1. The number of aliphatic carboxylic acids is 1. The molecule has 0 saturated heterocycles. The molecular weight excluding hydrogens is 570 g/mol. The lowest BCUT2D eigenvalue weighted by Crippen LogP contribution is -2.65. The summed E-state index contributed by atoms with van der Waals surface area (Å²) in [7, 11) is 0. The van der Waals surface area contributed by atoms with E-state index in [2.05, 4.69) is 59.9 Å². The lowest BCUT2D eigenvalue weighted by atomic mass is 9.33. The second-order valence-electron chi connectivity index (χ2n) is 19.0. The van der Waals surface area contributed by atoms with Gasteiger partial charge in [0.15, 0.2) is 0 Å². The monoisotopic (exact) mass is 640 g/mol.